The highest BCUT2D eigenvalue weighted by Crippen LogP contribution is 2.41. The third kappa shape index (κ3) is 3.86. The van der Waals surface area contributed by atoms with Gasteiger partial charge >= 0.3 is 5.97 Å². The number of hydrogen-bond acceptors (Lipinski definition) is 3. The van der Waals surface area contributed by atoms with Crippen molar-refractivity contribution in [1.29, 1.82) is 0 Å². The smallest absolute Gasteiger partial charge is 0.346 e. The summed E-state index contributed by atoms with van der Waals surface area (Å²) in [7, 11) is 0. The van der Waals surface area contributed by atoms with Crippen LogP contribution in [-0.2, 0) is 11.2 Å². The van der Waals surface area contributed by atoms with E-state index in [2.05, 4.69) is 0 Å². The third-order valence-electron chi connectivity index (χ3n) is 4.99. The van der Waals surface area contributed by atoms with E-state index in [-0.39, 0.29) is 16.6 Å². The number of benzene rings is 2. The monoisotopic (exact) mass is 376 g/mol. The highest BCUT2D eigenvalue weighted by molar-refractivity contribution is 7.17. The molecule has 1 aliphatic carbocycles. The Morgan fingerprint density at radius 3 is 2.22 bits per heavy atom. The van der Waals surface area contributed by atoms with Crippen LogP contribution in [-0.4, -0.2) is 16.9 Å². The Kier molecular flexibility index (Phi) is 4.90. The Balaban J connectivity index is 1.77. The largest absolute Gasteiger partial charge is 0.477 e. The topological polar surface area (TPSA) is 54.4 Å². The fourth-order valence-electron chi connectivity index (χ4n) is 3.44. The number of hydrogen-bond donors (Lipinski definition) is 1. The molecular weight excluding hydrogens is 356 g/mol. The molecule has 2 aromatic carbocycles. The standard InChI is InChI=1S/C23H20O3S/c24-21(17-11-12-17)18(13-15-7-3-1-4-8-15)19-14-20(27-22(19)23(25)26)16-9-5-2-6-10-16/h1-10,14,17-18H,11-13H2,(H,25,26). The van der Waals surface area contributed by atoms with Crippen LogP contribution in [0.25, 0.3) is 10.4 Å². The van der Waals surface area contributed by atoms with Crippen LogP contribution in [0.1, 0.15) is 39.6 Å². The number of aromatic carboxylic acids is 1. The predicted molar refractivity (Wildman–Crippen MR) is 107 cm³/mol. The minimum atomic E-state index is -0.959. The van der Waals surface area contributed by atoms with Crippen molar-refractivity contribution < 1.29 is 14.7 Å². The molecule has 0 saturated heterocycles. The molecule has 3 nitrogen and oxygen atoms in total. The van der Waals surface area contributed by atoms with Gasteiger partial charge in [0.25, 0.3) is 0 Å². The van der Waals surface area contributed by atoms with E-state index in [1.165, 1.54) is 11.3 Å². The molecule has 0 spiro atoms. The summed E-state index contributed by atoms with van der Waals surface area (Å²) in [6.07, 6.45) is 2.38. The molecule has 0 amide bonds. The number of thiophene rings is 1. The van der Waals surface area contributed by atoms with Crippen LogP contribution in [0.4, 0.5) is 0 Å². The zero-order valence-corrected chi connectivity index (χ0v) is 15.6. The van der Waals surface area contributed by atoms with Crippen LogP contribution in [0.3, 0.4) is 0 Å². The van der Waals surface area contributed by atoms with E-state index in [0.29, 0.717) is 12.0 Å². The van der Waals surface area contributed by atoms with Crippen LogP contribution < -0.4 is 0 Å². The van der Waals surface area contributed by atoms with E-state index in [0.717, 1.165) is 28.8 Å². The molecule has 136 valence electrons. The van der Waals surface area contributed by atoms with Crippen molar-refractivity contribution in [2.45, 2.75) is 25.2 Å². The van der Waals surface area contributed by atoms with Crippen LogP contribution in [0.5, 0.6) is 0 Å². The van der Waals surface area contributed by atoms with Crippen molar-refractivity contribution in [2.75, 3.05) is 0 Å². The van der Waals surface area contributed by atoms with E-state index in [1.807, 2.05) is 66.7 Å². The second-order valence-electron chi connectivity index (χ2n) is 6.99. The molecule has 1 N–H and O–H groups in total. The minimum Gasteiger partial charge on any atom is -0.477 e. The molecule has 1 aromatic heterocycles. The van der Waals surface area contributed by atoms with Crippen LogP contribution in [0.2, 0.25) is 0 Å². The van der Waals surface area contributed by atoms with Crippen molar-refractivity contribution >= 4 is 23.1 Å². The third-order valence-corrected chi connectivity index (χ3v) is 6.18. The first-order chi connectivity index (χ1) is 13.1. The lowest BCUT2D eigenvalue weighted by Gasteiger charge is -2.16. The zero-order valence-electron chi connectivity index (χ0n) is 14.8. The van der Waals surface area contributed by atoms with Gasteiger partial charge in [-0.1, -0.05) is 60.7 Å². The van der Waals surface area contributed by atoms with Crippen LogP contribution in [0.15, 0.2) is 66.7 Å². The van der Waals surface area contributed by atoms with Gasteiger partial charge in [0, 0.05) is 16.7 Å². The molecule has 27 heavy (non-hydrogen) atoms. The lowest BCUT2D eigenvalue weighted by molar-refractivity contribution is -0.121. The van der Waals surface area contributed by atoms with Gasteiger partial charge in [0.05, 0.1) is 0 Å². The maximum absolute atomic E-state index is 13.0. The van der Waals surface area contributed by atoms with Gasteiger partial charge in [-0.3, -0.25) is 4.79 Å². The quantitative estimate of drug-likeness (QED) is 0.599. The Labute approximate surface area is 162 Å². The summed E-state index contributed by atoms with van der Waals surface area (Å²) < 4.78 is 0. The van der Waals surface area contributed by atoms with Crippen molar-refractivity contribution in [3.05, 3.63) is 82.7 Å². The van der Waals surface area contributed by atoms with Crippen molar-refractivity contribution in [3.8, 4) is 10.4 Å². The zero-order chi connectivity index (χ0) is 18.8. The molecule has 0 radical (unpaired) electrons. The normalized spacial score (nSPS) is 14.7. The van der Waals surface area contributed by atoms with Gasteiger partial charge in [-0.15, -0.1) is 11.3 Å². The SMILES string of the molecule is O=C(O)c1sc(-c2ccccc2)cc1C(Cc1ccccc1)C(=O)C1CC1. The van der Waals surface area contributed by atoms with E-state index in [4.69, 9.17) is 0 Å². The van der Waals surface area contributed by atoms with Crippen LogP contribution in [0, 0.1) is 5.92 Å². The number of rotatable bonds is 7. The van der Waals surface area contributed by atoms with Gasteiger partial charge < -0.3 is 5.11 Å². The first kappa shape index (κ1) is 17.7. The van der Waals surface area contributed by atoms with Gasteiger partial charge in [0.2, 0.25) is 0 Å². The molecule has 0 aliphatic heterocycles. The Morgan fingerprint density at radius 2 is 1.63 bits per heavy atom. The average molecular weight is 376 g/mol. The summed E-state index contributed by atoms with van der Waals surface area (Å²) in [4.78, 5) is 26.1. The maximum Gasteiger partial charge on any atom is 0.346 e. The lowest BCUT2D eigenvalue weighted by Crippen LogP contribution is -2.18. The number of Topliss-reactive ketones (excluding diaryl/α,β-unsaturated/α-hetero) is 1. The highest BCUT2D eigenvalue weighted by Gasteiger charge is 2.37. The van der Waals surface area contributed by atoms with Crippen molar-refractivity contribution in [1.82, 2.24) is 0 Å². The summed E-state index contributed by atoms with van der Waals surface area (Å²) in [5.41, 5.74) is 2.70. The summed E-state index contributed by atoms with van der Waals surface area (Å²) >= 11 is 1.26. The van der Waals surface area contributed by atoms with Gasteiger partial charge in [-0.2, -0.15) is 0 Å². The fraction of sp³-hybridized carbons (Fsp3) is 0.217. The predicted octanol–water partition coefficient (Wildman–Crippen LogP) is 5.42. The molecular formula is C23H20O3S. The van der Waals surface area contributed by atoms with E-state index < -0.39 is 11.9 Å². The molecule has 4 heteroatoms. The van der Waals surface area contributed by atoms with Crippen molar-refractivity contribution in [2.24, 2.45) is 5.92 Å². The molecule has 1 unspecified atom stereocenters. The first-order valence-corrected chi connectivity index (χ1v) is 9.95. The summed E-state index contributed by atoms with van der Waals surface area (Å²) in [6, 6.07) is 21.5. The summed E-state index contributed by atoms with van der Waals surface area (Å²) in [5, 5.41) is 9.78. The average Bonchev–Trinajstić information content (AvgIpc) is 3.45. The van der Waals surface area contributed by atoms with Crippen molar-refractivity contribution in [3.63, 3.8) is 0 Å². The van der Waals surface area contributed by atoms with E-state index >= 15 is 0 Å². The Hall–Kier alpha value is -2.72. The number of ketones is 1. The maximum atomic E-state index is 13.0. The molecule has 4 rings (SSSR count). The fourth-order valence-corrected chi connectivity index (χ4v) is 4.51. The highest BCUT2D eigenvalue weighted by atomic mass is 32.1. The number of carbonyl (C=O) groups is 2. The second kappa shape index (κ2) is 7.49. The Bertz CT molecular complexity index is 956. The Morgan fingerprint density at radius 1 is 1.00 bits per heavy atom. The molecule has 1 saturated carbocycles. The lowest BCUT2D eigenvalue weighted by atomic mass is 9.86. The molecule has 1 aliphatic rings. The van der Waals surface area contributed by atoms with Gasteiger partial charge in [-0.25, -0.2) is 4.79 Å². The number of carboxylic acids is 1. The van der Waals surface area contributed by atoms with E-state index in [1.54, 1.807) is 0 Å². The van der Waals surface area contributed by atoms with Gasteiger partial charge in [-0.05, 0) is 42.0 Å². The molecule has 1 atom stereocenters. The first-order valence-electron chi connectivity index (χ1n) is 9.13. The van der Waals surface area contributed by atoms with Crippen LogP contribution >= 0.6 is 11.3 Å². The van der Waals surface area contributed by atoms with Gasteiger partial charge in [0.1, 0.15) is 10.7 Å². The molecule has 1 heterocycles. The summed E-state index contributed by atoms with van der Waals surface area (Å²) in [6.45, 7) is 0. The number of carboxylic acid groups (broad SMARTS) is 1. The molecule has 3 aromatic rings. The van der Waals surface area contributed by atoms with E-state index in [9.17, 15) is 14.7 Å². The molecule has 0 bridgehead atoms. The minimum absolute atomic E-state index is 0.0837. The molecule has 1 fully saturated rings. The number of carbonyl (C=O) groups excluding carboxylic acids is 1. The van der Waals surface area contributed by atoms with Gasteiger partial charge in [0.15, 0.2) is 0 Å². The summed E-state index contributed by atoms with van der Waals surface area (Å²) in [5.74, 6) is -1.10. The second-order valence-corrected chi connectivity index (χ2v) is 8.04.